The van der Waals surface area contributed by atoms with Gasteiger partial charge < -0.3 is 9.73 Å². The number of nitrogens with zero attached hydrogens (tertiary/aromatic N) is 6. The van der Waals surface area contributed by atoms with Crippen molar-refractivity contribution in [2.75, 3.05) is 5.32 Å². The van der Waals surface area contributed by atoms with Crippen LogP contribution >= 0.6 is 0 Å². The Morgan fingerprint density at radius 2 is 2.27 bits per heavy atom. The van der Waals surface area contributed by atoms with Gasteiger partial charge >= 0.3 is 0 Å². The Labute approximate surface area is 124 Å². The molecular weight excluding hydrogens is 288 g/mol. The maximum atomic E-state index is 12.3. The van der Waals surface area contributed by atoms with Gasteiger partial charge in [0.1, 0.15) is 5.76 Å². The van der Waals surface area contributed by atoms with Crippen molar-refractivity contribution in [3.05, 3.63) is 29.2 Å². The van der Waals surface area contributed by atoms with Crippen LogP contribution < -0.4 is 5.32 Å². The van der Waals surface area contributed by atoms with E-state index in [0.717, 1.165) is 0 Å². The quantitative estimate of drug-likeness (QED) is 0.729. The Morgan fingerprint density at radius 1 is 1.45 bits per heavy atom. The van der Waals surface area contributed by atoms with Crippen molar-refractivity contribution in [1.82, 2.24) is 35.4 Å². The predicted molar refractivity (Wildman–Crippen MR) is 74.6 cm³/mol. The van der Waals surface area contributed by atoms with Gasteiger partial charge in [0.2, 0.25) is 0 Å². The molecule has 0 spiro atoms. The lowest BCUT2D eigenvalue weighted by molar-refractivity contribution is 0.102. The van der Waals surface area contributed by atoms with Crippen molar-refractivity contribution in [3.8, 4) is 5.95 Å². The molecule has 22 heavy (non-hydrogen) atoms. The lowest BCUT2D eigenvalue weighted by Crippen LogP contribution is -2.15. The van der Waals surface area contributed by atoms with Crippen LogP contribution in [0, 0.1) is 13.8 Å². The predicted octanol–water partition coefficient (Wildman–Crippen LogP) is 0.805. The summed E-state index contributed by atoms with van der Waals surface area (Å²) in [5.41, 5.74) is 2.18. The van der Waals surface area contributed by atoms with Crippen LogP contribution in [-0.2, 0) is 6.42 Å². The Balaban J connectivity index is 1.92. The largest absolute Gasteiger partial charge is 0.448 e. The summed E-state index contributed by atoms with van der Waals surface area (Å²) >= 11 is 0. The Kier molecular flexibility index (Phi) is 3.41. The molecular formula is C12H14N8O2. The van der Waals surface area contributed by atoms with Gasteiger partial charge in [-0.3, -0.25) is 4.79 Å². The third-order valence-corrected chi connectivity index (χ3v) is 3.23. The van der Waals surface area contributed by atoms with Crippen molar-refractivity contribution in [1.29, 1.82) is 0 Å². The molecule has 0 aliphatic carbocycles. The van der Waals surface area contributed by atoms with Crippen molar-refractivity contribution in [3.63, 3.8) is 0 Å². The van der Waals surface area contributed by atoms with Crippen LogP contribution in [0.1, 0.15) is 34.6 Å². The molecule has 0 saturated heterocycles. The molecule has 1 amide bonds. The zero-order valence-electron chi connectivity index (χ0n) is 12.3. The van der Waals surface area contributed by atoms with Crippen LogP contribution in [0.2, 0.25) is 0 Å². The summed E-state index contributed by atoms with van der Waals surface area (Å²) in [4.78, 5) is 16.3. The third-order valence-electron chi connectivity index (χ3n) is 3.23. The van der Waals surface area contributed by atoms with Gasteiger partial charge in [-0.25, -0.2) is 4.98 Å². The molecule has 0 unspecified atom stereocenters. The molecule has 0 radical (unpaired) electrons. The van der Waals surface area contributed by atoms with Crippen molar-refractivity contribution >= 4 is 11.6 Å². The molecule has 0 atom stereocenters. The fourth-order valence-electron chi connectivity index (χ4n) is 2.14. The van der Waals surface area contributed by atoms with Gasteiger partial charge in [-0.2, -0.15) is 15.0 Å². The van der Waals surface area contributed by atoms with E-state index in [0.29, 0.717) is 35.2 Å². The number of carbonyl (C=O) groups is 1. The number of carbonyl (C=O) groups excluding carboxylic acids is 1. The number of anilines is 1. The van der Waals surface area contributed by atoms with E-state index in [1.54, 1.807) is 13.8 Å². The van der Waals surface area contributed by atoms with Crippen LogP contribution in [0.15, 0.2) is 10.8 Å². The SMILES string of the molecule is CCc1ocnc1C(=O)Nc1c(C)nn(-c2nn[nH]n2)c1C. The summed E-state index contributed by atoms with van der Waals surface area (Å²) in [7, 11) is 0. The van der Waals surface area contributed by atoms with Gasteiger partial charge in [-0.1, -0.05) is 12.0 Å². The molecule has 0 aliphatic rings. The number of aryl methyl sites for hydroxylation is 2. The summed E-state index contributed by atoms with van der Waals surface area (Å²) < 4.78 is 6.67. The molecule has 3 aromatic heterocycles. The minimum absolute atomic E-state index is 0.272. The van der Waals surface area contributed by atoms with Gasteiger partial charge in [0.05, 0.1) is 17.1 Å². The maximum Gasteiger partial charge on any atom is 0.290 e. The van der Waals surface area contributed by atoms with Crippen molar-refractivity contribution in [2.45, 2.75) is 27.2 Å². The lowest BCUT2D eigenvalue weighted by Gasteiger charge is -2.04. The first-order chi connectivity index (χ1) is 10.6. The molecule has 3 aromatic rings. The van der Waals surface area contributed by atoms with E-state index in [1.165, 1.54) is 11.1 Å². The fourth-order valence-corrected chi connectivity index (χ4v) is 2.14. The van der Waals surface area contributed by atoms with E-state index in [2.05, 4.69) is 36.0 Å². The first-order valence-electron chi connectivity index (χ1n) is 6.65. The Bertz CT molecular complexity index is 801. The molecule has 114 valence electrons. The number of H-pyrrole nitrogens is 1. The number of aromatic nitrogens is 7. The monoisotopic (exact) mass is 302 g/mol. The number of amides is 1. The smallest absolute Gasteiger partial charge is 0.290 e. The molecule has 10 nitrogen and oxygen atoms in total. The summed E-state index contributed by atoms with van der Waals surface area (Å²) in [6.45, 7) is 5.47. The van der Waals surface area contributed by atoms with E-state index >= 15 is 0 Å². The van der Waals surface area contributed by atoms with Gasteiger partial charge in [-0.15, -0.1) is 5.10 Å². The average Bonchev–Trinajstić information content (AvgIpc) is 3.22. The van der Waals surface area contributed by atoms with Gasteiger partial charge in [0.15, 0.2) is 12.1 Å². The number of hydrogen-bond donors (Lipinski definition) is 2. The first-order valence-corrected chi connectivity index (χ1v) is 6.65. The number of tetrazole rings is 1. The summed E-state index contributed by atoms with van der Waals surface area (Å²) in [6.07, 6.45) is 1.85. The number of hydrogen-bond acceptors (Lipinski definition) is 7. The topological polar surface area (TPSA) is 127 Å². The molecule has 0 aliphatic heterocycles. The highest BCUT2D eigenvalue weighted by atomic mass is 16.3. The van der Waals surface area contributed by atoms with Crippen LogP contribution in [0.5, 0.6) is 0 Å². The Hall–Kier alpha value is -3.04. The zero-order valence-corrected chi connectivity index (χ0v) is 12.3. The van der Waals surface area contributed by atoms with Gasteiger partial charge in [-0.05, 0) is 19.1 Å². The molecule has 0 saturated carbocycles. The Morgan fingerprint density at radius 3 is 2.95 bits per heavy atom. The number of oxazole rings is 1. The first kappa shape index (κ1) is 13.9. The summed E-state index contributed by atoms with van der Waals surface area (Å²) in [6, 6.07) is 0. The number of rotatable bonds is 4. The minimum Gasteiger partial charge on any atom is -0.448 e. The molecule has 3 rings (SSSR count). The van der Waals surface area contributed by atoms with Crippen LogP contribution in [0.3, 0.4) is 0 Å². The van der Waals surface area contributed by atoms with Crippen LogP contribution in [-0.4, -0.2) is 41.3 Å². The number of nitrogens with one attached hydrogen (secondary N) is 2. The van der Waals surface area contributed by atoms with Crippen LogP contribution in [0.4, 0.5) is 5.69 Å². The van der Waals surface area contributed by atoms with Crippen molar-refractivity contribution in [2.24, 2.45) is 0 Å². The summed E-state index contributed by atoms with van der Waals surface area (Å²) in [5.74, 6) is 0.500. The van der Waals surface area contributed by atoms with E-state index in [9.17, 15) is 4.79 Å². The highest BCUT2D eigenvalue weighted by Crippen LogP contribution is 2.22. The minimum atomic E-state index is -0.343. The number of aromatic amines is 1. The lowest BCUT2D eigenvalue weighted by atomic mass is 10.2. The van der Waals surface area contributed by atoms with Gasteiger partial charge in [0.25, 0.3) is 11.9 Å². The highest BCUT2D eigenvalue weighted by molar-refractivity contribution is 6.04. The maximum absolute atomic E-state index is 12.3. The van der Waals surface area contributed by atoms with E-state index < -0.39 is 0 Å². The fraction of sp³-hybridized carbons (Fsp3) is 0.333. The standard InChI is InChI=1S/C12H14N8O2/c1-4-8-10(13-5-22-8)11(21)14-9-6(2)17-20(7(9)3)12-15-18-19-16-12/h5H,4H2,1-3H3,(H,14,21)(H,15,16,18,19). The second-order valence-corrected chi connectivity index (χ2v) is 4.60. The summed E-state index contributed by atoms with van der Waals surface area (Å²) in [5, 5.41) is 20.7. The van der Waals surface area contributed by atoms with E-state index in [-0.39, 0.29) is 11.6 Å². The van der Waals surface area contributed by atoms with E-state index in [4.69, 9.17) is 4.42 Å². The normalized spacial score (nSPS) is 10.9. The molecule has 0 bridgehead atoms. The molecule has 0 fully saturated rings. The second kappa shape index (κ2) is 5.39. The van der Waals surface area contributed by atoms with E-state index in [1.807, 2.05) is 6.92 Å². The molecule has 0 aromatic carbocycles. The second-order valence-electron chi connectivity index (χ2n) is 4.60. The van der Waals surface area contributed by atoms with Gasteiger partial charge in [0, 0.05) is 6.42 Å². The third kappa shape index (κ3) is 2.24. The van der Waals surface area contributed by atoms with Crippen LogP contribution in [0.25, 0.3) is 5.95 Å². The molecule has 10 heteroatoms. The highest BCUT2D eigenvalue weighted by Gasteiger charge is 2.21. The van der Waals surface area contributed by atoms with Crippen molar-refractivity contribution < 1.29 is 9.21 Å². The zero-order chi connectivity index (χ0) is 15.7. The average molecular weight is 302 g/mol. The molecule has 2 N–H and O–H groups in total. The molecule has 3 heterocycles.